The summed E-state index contributed by atoms with van der Waals surface area (Å²) in [7, 11) is 0. The van der Waals surface area contributed by atoms with Gasteiger partial charge in [0, 0.05) is 29.9 Å². The van der Waals surface area contributed by atoms with Gasteiger partial charge in [-0.15, -0.1) is 0 Å². The van der Waals surface area contributed by atoms with Crippen LogP contribution in [0.15, 0.2) is 48.5 Å². The first-order valence-electron chi connectivity index (χ1n) is 8.17. The summed E-state index contributed by atoms with van der Waals surface area (Å²) >= 11 is 0. The Kier molecular flexibility index (Phi) is 4.97. The first-order chi connectivity index (χ1) is 12.4. The van der Waals surface area contributed by atoms with Crippen molar-refractivity contribution in [2.75, 3.05) is 16.8 Å². The molecule has 6 nitrogen and oxygen atoms in total. The van der Waals surface area contributed by atoms with E-state index in [9.17, 15) is 18.8 Å². The van der Waals surface area contributed by atoms with Crippen molar-refractivity contribution in [3.63, 3.8) is 0 Å². The molecule has 2 aromatic carbocycles. The molecule has 26 heavy (non-hydrogen) atoms. The van der Waals surface area contributed by atoms with Crippen molar-refractivity contribution < 1.29 is 18.8 Å². The molecule has 0 unspecified atom stereocenters. The van der Waals surface area contributed by atoms with Crippen LogP contribution in [-0.2, 0) is 4.79 Å². The molecule has 7 heteroatoms. The van der Waals surface area contributed by atoms with Crippen LogP contribution < -0.4 is 15.5 Å². The lowest BCUT2D eigenvalue weighted by molar-refractivity contribution is -0.117. The summed E-state index contributed by atoms with van der Waals surface area (Å²) in [5.41, 5.74) is 1.57. The summed E-state index contributed by atoms with van der Waals surface area (Å²) in [5.74, 6) is -0.645. The fourth-order valence-corrected chi connectivity index (χ4v) is 2.84. The fourth-order valence-electron chi connectivity index (χ4n) is 2.84. The van der Waals surface area contributed by atoms with Gasteiger partial charge >= 0.3 is 6.03 Å². The minimum atomic E-state index is -0.445. The number of urea groups is 1. The van der Waals surface area contributed by atoms with Gasteiger partial charge in [-0.05, 0) is 49.4 Å². The van der Waals surface area contributed by atoms with Crippen molar-refractivity contribution >= 4 is 29.1 Å². The quantitative estimate of drug-likeness (QED) is 0.828. The van der Waals surface area contributed by atoms with E-state index in [-0.39, 0.29) is 30.7 Å². The number of carbonyl (C=O) groups is 3. The van der Waals surface area contributed by atoms with E-state index in [1.54, 1.807) is 30.3 Å². The van der Waals surface area contributed by atoms with Crippen LogP contribution in [0.25, 0.3) is 0 Å². The third kappa shape index (κ3) is 4.05. The second-order valence-electron chi connectivity index (χ2n) is 6.12. The van der Waals surface area contributed by atoms with Gasteiger partial charge in [0.25, 0.3) is 0 Å². The number of hydrogen-bond donors (Lipinski definition) is 2. The van der Waals surface area contributed by atoms with Gasteiger partial charge in [0.1, 0.15) is 5.82 Å². The van der Waals surface area contributed by atoms with Crippen molar-refractivity contribution in [1.82, 2.24) is 5.32 Å². The molecular weight excluding hydrogens is 337 g/mol. The van der Waals surface area contributed by atoms with Crippen LogP contribution in [-0.4, -0.2) is 30.3 Å². The highest BCUT2D eigenvalue weighted by atomic mass is 19.1. The van der Waals surface area contributed by atoms with Gasteiger partial charge in [0.05, 0.1) is 6.04 Å². The number of halogens is 1. The number of nitrogens with one attached hydrogen (secondary N) is 2. The van der Waals surface area contributed by atoms with Crippen LogP contribution in [0.2, 0.25) is 0 Å². The lowest BCUT2D eigenvalue weighted by Crippen LogP contribution is -2.39. The highest BCUT2D eigenvalue weighted by Gasteiger charge is 2.31. The smallest absolute Gasteiger partial charge is 0.319 e. The number of rotatable bonds is 4. The van der Waals surface area contributed by atoms with E-state index in [0.29, 0.717) is 16.9 Å². The molecule has 0 saturated carbocycles. The highest BCUT2D eigenvalue weighted by molar-refractivity contribution is 5.98. The number of amides is 3. The molecular formula is C19H18FN3O3. The molecule has 2 N–H and O–H groups in total. The van der Waals surface area contributed by atoms with E-state index < -0.39 is 11.8 Å². The first-order valence-corrected chi connectivity index (χ1v) is 8.17. The maximum absolute atomic E-state index is 13.3. The van der Waals surface area contributed by atoms with E-state index in [4.69, 9.17) is 0 Å². The third-order valence-electron chi connectivity index (χ3n) is 4.13. The zero-order chi connectivity index (χ0) is 18.7. The average Bonchev–Trinajstić information content (AvgIpc) is 2.95. The topological polar surface area (TPSA) is 78.5 Å². The first kappa shape index (κ1) is 17.6. The molecule has 134 valence electrons. The minimum absolute atomic E-state index is 0.0529. The Labute approximate surface area is 150 Å². The van der Waals surface area contributed by atoms with Gasteiger partial charge in [-0.2, -0.15) is 0 Å². The number of ketones is 1. The summed E-state index contributed by atoms with van der Waals surface area (Å²) < 4.78 is 13.3. The molecule has 1 aliphatic rings. The molecule has 1 aliphatic heterocycles. The lowest BCUT2D eigenvalue weighted by Gasteiger charge is -2.17. The number of Topliss-reactive ketones (excluding diaryl/α,β-unsaturated/α-hetero) is 1. The van der Waals surface area contributed by atoms with E-state index in [1.165, 1.54) is 30.0 Å². The molecule has 0 bridgehead atoms. The van der Waals surface area contributed by atoms with Crippen molar-refractivity contribution in [3.8, 4) is 0 Å². The predicted octanol–water partition coefficient (Wildman–Crippen LogP) is 2.96. The zero-order valence-electron chi connectivity index (χ0n) is 14.2. The fraction of sp³-hybridized carbons (Fsp3) is 0.211. The van der Waals surface area contributed by atoms with E-state index in [1.807, 2.05) is 0 Å². The minimum Gasteiger partial charge on any atom is -0.333 e. The second-order valence-corrected chi connectivity index (χ2v) is 6.12. The normalized spacial score (nSPS) is 16.5. The summed E-state index contributed by atoms with van der Waals surface area (Å²) in [4.78, 5) is 37.0. The second kappa shape index (κ2) is 7.35. The summed E-state index contributed by atoms with van der Waals surface area (Å²) in [5, 5.41) is 5.40. The van der Waals surface area contributed by atoms with Crippen LogP contribution in [0, 0.1) is 5.82 Å². The Morgan fingerprint density at radius 1 is 1.15 bits per heavy atom. The molecule has 1 fully saturated rings. The van der Waals surface area contributed by atoms with Gasteiger partial charge in [-0.1, -0.05) is 6.07 Å². The lowest BCUT2D eigenvalue weighted by atomic mass is 10.1. The summed E-state index contributed by atoms with van der Waals surface area (Å²) in [6.07, 6.45) is 0.146. The van der Waals surface area contributed by atoms with Crippen molar-refractivity contribution in [2.24, 2.45) is 0 Å². The maximum Gasteiger partial charge on any atom is 0.319 e. The summed E-state index contributed by atoms with van der Waals surface area (Å²) in [6, 6.07) is 11.5. The van der Waals surface area contributed by atoms with Gasteiger partial charge in [-0.25, -0.2) is 9.18 Å². The molecule has 0 spiro atoms. The van der Waals surface area contributed by atoms with E-state index >= 15 is 0 Å². The largest absolute Gasteiger partial charge is 0.333 e. The molecule has 1 saturated heterocycles. The third-order valence-corrected chi connectivity index (χ3v) is 4.13. The highest BCUT2D eigenvalue weighted by Crippen LogP contribution is 2.22. The Hall–Kier alpha value is -3.22. The molecule has 3 rings (SSSR count). The molecule has 1 atom stereocenters. The van der Waals surface area contributed by atoms with Crippen LogP contribution in [0.5, 0.6) is 0 Å². The van der Waals surface area contributed by atoms with Gasteiger partial charge in [0.2, 0.25) is 5.91 Å². The van der Waals surface area contributed by atoms with Crippen LogP contribution in [0.1, 0.15) is 23.7 Å². The van der Waals surface area contributed by atoms with Crippen molar-refractivity contribution in [2.45, 2.75) is 19.4 Å². The Balaban J connectivity index is 1.58. The monoisotopic (exact) mass is 355 g/mol. The standard InChI is InChI=1S/C19H18FN3O3/c1-12(24)13-5-7-15(8-6-13)21-19(26)22-16-10-18(25)23(11-16)17-4-2-3-14(20)9-17/h2-9,16H,10-11H2,1H3,(H2,21,22,26)/t16-/m0/s1. The number of carbonyl (C=O) groups excluding carboxylic acids is 3. The molecule has 2 aromatic rings. The molecule has 0 radical (unpaired) electrons. The predicted molar refractivity (Wildman–Crippen MR) is 95.8 cm³/mol. The SMILES string of the molecule is CC(=O)c1ccc(NC(=O)N[C@H]2CC(=O)N(c3cccc(F)c3)C2)cc1. The van der Waals surface area contributed by atoms with Crippen LogP contribution in [0.4, 0.5) is 20.6 Å². The Morgan fingerprint density at radius 3 is 2.54 bits per heavy atom. The average molecular weight is 355 g/mol. The van der Waals surface area contributed by atoms with Crippen LogP contribution in [0.3, 0.4) is 0 Å². The zero-order valence-corrected chi connectivity index (χ0v) is 14.2. The number of nitrogens with zero attached hydrogens (tertiary/aromatic N) is 1. The Bertz CT molecular complexity index is 851. The molecule has 0 aromatic heterocycles. The van der Waals surface area contributed by atoms with E-state index in [2.05, 4.69) is 10.6 Å². The van der Waals surface area contributed by atoms with Crippen molar-refractivity contribution in [3.05, 3.63) is 59.9 Å². The van der Waals surface area contributed by atoms with Gasteiger partial charge < -0.3 is 15.5 Å². The van der Waals surface area contributed by atoms with Gasteiger partial charge in [0.15, 0.2) is 5.78 Å². The number of benzene rings is 2. The molecule has 1 heterocycles. The van der Waals surface area contributed by atoms with Crippen LogP contribution >= 0.6 is 0 Å². The Morgan fingerprint density at radius 2 is 1.88 bits per heavy atom. The number of hydrogen-bond acceptors (Lipinski definition) is 3. The maximum atomic E-state index is 13.3. The van der Waals surface area contributed by atoms with E-state index in [0.717, 1.165) is 0 Å². The molecule has 3 amide bonds. The van der Waals surface area contributed by atoms with Crippen molar-refractivity contribution in [1.29, 1.82) is 0 Å². The molecule has 0 aliphatic carbocycles. The van der Waals surface area contributed by atoms with Gasteiger partial charge in [-0.3, -0.25) is 9.59 Å². The summed E-state index contributed by atoms with van der Waals surface area (Å²) in [6.45, 7) is 1.75. The number of anilines is 2.